The largest absolute Gasteiger partial charge is 0.479 e. The Balaban J connectivity index is 2.87. The van der Waals surface area contributed by atoms with Crippen LogP contribution in [0.5, 0.6) is 5.88 Å². The lowest BCUT2D eigenvalue weighted by molar-refractivity contribution is -0.139. The summed E-state index contributed by atoms with van der Waals surface area (Å²) < 4.78 is 7.14. The first-order valence-corrected chi connectivity index (χ1v) is 10.6. The topological polar surface area (TPSA) is 125 Å². The number of nitrogens with two attached hydrogens (primary N) is 1. The summed E-state index contributed by atoms with van der Waals surface area (Å²) in [6.07, 6.45) is 17.6. The molecule has 0 radical (unpaired) electrons. The number of ether oxygens (including phenoxy) is 1. The van der Waals surface area contributed by atoms with E-state index >= 15 is 0 Å². The van der Waals surface area contributed by atoms with Crippen LogP contribution in [0.1, 0.15) is 29.9 Å². The zero-order chi connectivity index (χ0) is 26.1. The summed E-state index contributed by atoms with van der Waals surface area (Å²) in [6.45, 7) is 8.88. The van der Waals surface area contributed by atoms with Crippen LogP contribution < -0.4 is 10.5 Å². The summed E-state index contributed by atoms with van der Waals surface area (Å²) in [4.78, 5) is 39.8. The van der Waals surface area contributed by atoms with Crippen molar-refractivity contribution in [1.29, 1.82) is 0 Å². The Kier molecular flexibility index (Phi) is 9.12. The number of ketones is 1. The van der Waals surface area contributed by atoms with Gasteiger partial charge in [-0.15, -0.1) is 6.42 Å². The van der Waals surface area contributed by atoms with Gasteiger partial charge in [-0.25, -0.2) is 9.78 Å². The van der Waals surface area contributed by atoms with Gasteiger partial charge in [0.15, 0.2) is 6.61 Å². The molecule has 2 heterocycles. The predicted molar refractivity (Wildman–Crippen MR) is 135 cm³/mol. The molecule has 0 aliphatic heterocycles. The van der Waals surface area contributed by atoms with Gasteiger partial charge < -0.3 is 20.1 Å². The molecule has 0 atom stereocenters. The third kappa shape index (κ3) is 6.03. The highest BCUT2D eigenvalue weighted by Crippen LogP contribution is 2.34. The Hall–Kier alpha value is -4.64. The van der Waals surface area contributed by atoms with Crippen LogP contribution in [-0.2, 0) is 16.1 Å². The van der Waals surface area contributed by atoms with Crippen molar-refractivity contribution < 1.29 is 24.2 Å². The quantitative estimate of drug-likeness (QED) is 0.222. The number of nitrogens with zero attached hydrogens (tertiary/aromatic N) is 2. The Morgan fingerprint density at radius 3 is 2.63 bits per heavy atom. The maximum atomic E-state index is 12.8. The van der Waals surface area contributed by atoms with Crippen LogP contribution in [0.4, 0.5) is 0 Å². The van der Waals surface area contributed by atoms with Crippen molar-refractivity contribution in [3.05, 3.63) is 83.3 Å². The first-order chi connectivity index (χ1) is 16.7. The molecular weight excluding hydrogens is 446 g/mol. The van der Waals surface area contributed by atoms with Gasteiger partial charge in [0.2, 0.25) is 5.88 Å². The van der Waals surface area contributed by atoms with E-state index in [2.05, 4.69) is 17.5 Å². The molecule has 0 aliphatic carbocycles. The first-order valence-electron chi connectivity index (χ1n) is 10.6. The lowest BCUT2D eigenvalue weighted by Crippen LogP contribution is -2.24. The minimum absolute atomic E-state index is 0.00855. The number of amides is 1. The van der Waals surface area contributed by atoms with Crippen LogP contribution in [0, 0.1) is 19.3 Å². The molecule has 2 aromatic heterocycles. The van der Waals surface area contributed by atoms with Crippen molar-refractivity contribution >= 4 is 28.6 Å². The molecule has 0 aromatic carbocycles. The zero-order valence-corrected chi connectivity index (χ0v) is 19.9. The van der Waals surface area contributed by atoms with Crippen molar-refractivity contribution in [1.82, 2.24) is 9.55 Å². The van der Waals surface area contributed by atoms with Crippen LogP contribution in [0.25, 0.3) is 10.9 Å². The number of pyridine rings is 1. The second kappa shape index (κ2) is 12.0. The number of fused-ring (bicyclic) bond motifs is 1. The summed E-state index contributed by atoms with van der Waals surface area (Å²) >= 11 is 0. The number of carboxylic acids is 1. The molecule has 2 aromatic rings. The molecular formula is C27H27N3O5. The molecule has 0 aliphatic rings. The first kappa shape index (κ1) is 26.6. The fraction of sp³-hybridized carbons (Fsp3) is 0.185. The number of hydrogen-bond donors (Lipinski definition) is 2. The number of aliphatic carboxylic acids is 1. The minimum Gasteiger partial charge on any atom is -0.479 e. The summed E-state index contributed by atoms with van der Waals surface area (Å²) in [6, 6.07) is 1.65. The molecule has 8 heteroatoms. The van der Waals surface area contributed by atoms with E-state index < -0.39 is 24.3 Å². The van der Waals surface area contributed by atoms with Crippen LogP contribution >= 0.6 is 0 Å². The number of Topliss-reactive ketones (excluding diaryl/α,β-unsaturated/α-hetero) is 1. The number of allylic oxidation sites excluding steroid dienone is 9. The van der Waals surface area contributed by atoms with E-state index in [1.54, 1.807) is 31.2 Å². The van der Waals surface area contributed by atoms with Crippen LogP contribution in [0.15, 0.2) is 72.0 Å². The smallest absolute Gasteiger partial charge is 0.341 e. The number of carboxylic acid groups (broad SMARTS) is 1. The van der Waals surface area contributed by atoms with Gasteiger partial charge in [0.1, 0.15) is 0 Å². The highest BCUT2D eigenvalue weighted by Gasteiger charge is 2.27. The highest BCUT2D eigenvalue weighted by molar-refractivity contribution is 6.45. The Bertz CT molecular complexity index is 1350. The number of hydrogen-bond acceptors (Lipinski definition) is 5. The SMILES string of the molecule is C#C\C=C/C(Cn1c(C)c(C(=O)C(N)=O)c2c(OCC(=O)O)nccc21)=C(C)/C(/C=C\C)=C/C=C. The molecule has 0 spiro atoms. The second-order valence-electron chi connectivity index (χ2n) is 7.44. The molecule has 0 bridgehead atoms. The number of aromatic nitrogens is 2. The molecule has 2 rings (SSSR count). The predicted octanol–water partition coefficient (Wildman–Crippen LogP) is 3.67. The molecule has 180 valence electrons. The molecule has 0 fully saturated rings. The van der Waals surface area contributed by atoms with Crippen molar-refractivity contribution in [3.8, 4) is 18.2 Å². The second-order valence-corrected chi connectivity index (χ2v) is 7.44. The number of rotatable bonds is 11. The summed E-state index contributed by atoms with van der Waals surface area (Å²) in [5.41, 5.74) is 8.93. The Morgan fingerprint density at radius 2 is 2.06 bits per heavy atom. The Labute approximate surface area is 203 Å². The van der Waals surface area contributed by atoms with E-state index in [4.69, 9.17) is 22.0 Å². The summed E-state index contributed by atoms with van der Waals surface area (Å²) in [5, 5.41) is 9.24. The van der Waals surface area contributed by atoms with Crippen LogP contribution in [0.2, 0.25) is 0 Å². The number of carbonyl (C=O) groups is 3. The van der Waals surface area contributed by atoms with E-state index in [1.807, 2.05) is 36.6 Å². The van der Waals surface area contributed by atoms with Crippen LogP contribution in [0.3, 0.4) is 0 Å². The Morgan fingerprint density at radius 1 is 1.34 bits per heavy atom. The van der Waals surface area contributed by atoms with E-state index in [0.29, 0.717) is 11.2 Å². The third-order valence-electron chi connectivity index (χ3n) is 5.25. The van der Waals surface area contributed by atoms with Crippen molar-refractivity contribution in [2.45, 2.75) is 27.3 Å². The molecule has 35 heavy (non-hydrogen) atoms. The molecule has 8 nitrogen and oxygen atoms in total. The van der Waals surface area contributed by atoms with Gasteiger partial charge >= 0.3 is 5.97 Å². The fourth-order valence-corrected chi connectivity index (χ4v) is 3.65. The molecule has 3 N–H and O–H groups in total. The van der Waals surface area contributed by atoms with Gasteiger partial charge in [0.05, 0.1) is 16.5 Å². The average Bonchev–Trinajstić information content (AvgIpc) is 3.10. The standard InChI is InChI=1S/C27H27N3O5/c1-6-9-12-20(17(4)19(10-7-2)11-8-3)15-30-18(5)23(25(33)26(28)34)24-21(30)13-14-29-27(24)35-16-22(31)32/h1,7-14H,2,15-16H2,3-5H3,(H2,28,34)(H,31,32)/b11-8-,12-9-,19-10+,20-17-. The van der Waals surface area contributed by atoms with Crippen molar-refractivity contribution in [2.75, 3.05) is 6.61 Å². The van der Waals surface area contributed by atoms with E-state index in [1.165, 1.54) is 6.20 Å². The van der Waals surface area contributed by atoms with Crippen molar-refractivity contribution in [2.24, 2.45) is 5.73 Å². The lowest BCUT2D eigenvalue weighted by atomic mass is 9.99. The molecule has 0 saturated carbocycles. The van der Waals surface area contributed by atoms with Gasteiger partial charge in [-0.05, 0) is 55.7 Å². The maximum Gasteiger partial charge on any atom is 0.341 e. The minimum atomic E-state index is -1.21. The number of primary amides is 1. The summed E-state index contributed by atoms with van der Waals surface area (Å²) in [5.74, 6) is -0.891. The zero-order valence-electron chi connectivity index (χ0n) is 19.9. The lowest BCUT2D eigenvalue weighted by Gasteiger charge is -2.14. The van der Waals surface area contributed by atoms with E-state index in [9.17, 15) is 14.4 Å². The normalized spacial score (nSPS) is 12.6. The van der Waals surface area contributed by atoms with Gasteiger partial charge in [0, 0.05) is 18.4 Å². The van der Waals surface area contributed by atoms with E-state index in [0.717, 1.165) is 16.7 Å². The van der Waals surface area contributed by atoms with Gasteiger partial charge in [-0.3, -0.25) is 9.59 Å². The molecule has 0 unspecified atom stereocenters. The maximum absolute atomic E-state index is 12.8. The highest BCUT2D eigenvalue weighted by atomic mass is 16.5. The average molecular weight is 474 g/mol. The molecule has 0 saturated heterocycles. The monoisotopic (exact) mass is 473 g/mol. The number of terminal acetylenes is 1. The molecule has 1 amide bonds. The summed E-state index contributed by atoms with van der Waals surface area (Å²) in [7, 11) is 0. The third-order valence-corrected chi connectivity index (χ3v) is 5.25. The number of carbonyl (C=O) groups excluding carboxylic acids is 2. The van der Waals surface area contributed by atoms with Gasteiger partial charge in [0.25, 0.3) is 11.7 Å². The van der Waals surface area contributed by atoms with Gasteiger partial charge in [-0.2, -0.15) is 0 Å². The van der Waals surface area contributed by atoms with E-state index in [-0.39, 0.29) is 23.4 Å². The fourth-order valence-electron chi connectivity index (χ4n) is 3.65. The van der Waals surface area contributed by atoms with Crippen molar-refractivity contribution in [3.63, 3.8) is 0 Å². The van der Waals surface area contributed by atoms with Gasteiger partial charge in [-0.1, -0.05) is 36.8 Å². The van der Waals surface area contributed by atoms with Crippen LogP contribution in [-0.4, -0.2) is 38.9 Å².